The Hall–Kier alpha value is 0.0700. The quantitative estimate of drug-likeness (QED) is 0.764. The maximum atomic E-state index is 12.0. The maximum absolute atomic E-state index is 12.0. The second-order valence-electron chi connectivity index (χ2n) is 3.84. The van der Waals surface area contributed by atoms with Crippen LogP contribution in [-0.4, -0.2) is 21.9 Å². The van der Waals surface area contributed by atoms with E-state index in [9.17, 15) is 4.79 Å². The van der Waals surface area contributed by atoms with Crippen molar-refractivity contribution < 1.29 is 4.79 Å². The van der Waals surface area contributed by atoms with Gasteiger partial charge in [0, 0.05) is 6.42 Å². The molecule has 1 aromatic rings. The number of ketones is 1. The molecular formula is C12H16OS3. The number of hydrogen-bond donors (Lipinski definition) is 0. The zero-order chi connectivity index (χ0) is 11.2. The molecule has 2 heterocycles. The minimum absolute atomic E-state index is 0.320. The lowest BCUT2D eigenvalue weighted by Gasteiger charge is -2.17. The summed E-state index contributed by atoms with van der Waals surface area (Å²) in [6, 6.07) is 3.89. The van der Waals surface area contributed by atoms with Gasteiger partial charge in [0.25, 0.3) is 0 Å². The van der Waals surface area contributed by atoms with Gasteiger partial charge in [0.05, 0.1) is 9.46 Å². The van der Waals surface area contributed by atoms with Gasteiger partial charge in [0.15, 0.2) is 5.78 Å². The topological polar surface area (TPSA) is 17.1 Å². The van der Waals surface area contributed by atoms with Gasteiger partial charge in [-0.2, -0.15) is 0 Å². The minimum Gasteiger partial charge on any atom is -0.293 e. The molecule has 0 spiro atoms. The van der Waals surface area contributed by atoms with Crippen molar-refractivity contribution in [3.63, 3.8) is 0 Å². The van der Waals surface area contributed by atoms with Crippen LogP contribution in [0.1, 0.15) is 35.4 Å². The molecule has 1 aliphatic heterocycles. The van der Waals surface area contributed by atoms with Gasteiger partial charge in [-0.25, -0.2) is 0 Å². The molecule has 1 nitrogen and oxygen atoms in total. The molecule has 1 saturated heterocycles. The van der Waals surface area contributed by atoms with Gasteiger partial charge >= 0.3 is 0 Å². The number of carbonyl (C=O) groups is 1. The number of rotatable bonds is 3. The zero-order valence-corrected chi connectivity index (χ0v) is 11.6. The van der Waals surface area contributed by atoms with Gasteiger partial charge in [-0.15, -0.1) is 34.9 Å². The van der Waals surface area contributed by atoms with E-state index in [2.05, 4.69) is 0 Å². The molecule has 4 heteroatoms. The third-order valence-electron chi connectivity index (χ3n) is 2.54. The first kappa shape index (κ1) is 12.5. The fraction of sp³-hybridized carbons (Fsp3) is 0.583. The normalized spacial score (nSPS) is 19.0. The van der Waals surface area contributed by atoms with Crippen molar-refractivity contribution in [2.24, 2.45) is 0 Å². The monoisotopic (exact) mass is 272 g/mol. The molecule has 0 radical (unpaired) electrons. The Morgan fingerprint density at radius 2 is 2.00 bits per heavy atom. The first-order chi connectivity index (χ1) is 7.86. The molecular weight excluding hydrogens is 256 g/mol. The average Bonchev–Trinajstić information content (AvgIpc) is 2.74. The summed E-state index contributed by atoms with van der Waals surface area (Å²) in [7, 11) is 0. The average molecular weight is 272 g/mol. The Morgan fingerprint density at radius 1 is 1.25 bits per heavy atom. The van der Waals surface area contributed by atoms with Crippen molar-refractivity contribution in [2.45, 2.75) is 30.3 Å². The largest absolute Gasteiger partial charge is 0.293 e. The van der Waals surface area contributed by atoms with Gasteiger partial charge in [-0.05, 0) is 35.8 Å². The number of hydrogen-bond acceptors (Lipinski definition) is 4. The Morgan fingerprint density at radius 3 is 2.62 bits per heavy atom. The van der Waals surface area contributed by atoms with Crippen LogP contribution < -0.4 is 0 Å². The van der Waals surface area contributed by atoms with Crippen molar-refractivity contribution in [2.75, 3.05) is 11.5 Å². The smallest absolute Gasteiger partial charge is 0.174 e. The highest BCUT2D eigenvalue weighted by molar-refractivity contribution is 8.17. The van der Waals surface area contributed by atoms with Gasteiger partial charge < -0.3 is 0 Å². The van der Waals surface area contributed by atoms with Gasteiger partial charge in [-0.1, -0.05) is 12.5 Å². The standard InChI is InChI=1S/C12H16OS3/c13-10(11-5-4-8-14-11)9-12-15-6-2-1-3-7-16-12/h4-5,8,12H,1-3,6-7,9H2. The van der Waals surface area contributed by atoms with Crippen LogP contribution in [-0.2, 0) is 0 Å². The van der Waals surface area contributed by atoms with Crippen LogP contribution >= 0.6 is 34.9 Å². The summed E-state index contributed by atoms with van der Waals surface area (Å²) in [5.74, 6) is 2.76. The van der Waals surface area contributed by atoms with E-state index in [-0.39, 0.29) is 0 Å². The number of thioether (sulfide) groups is 2. The summed E-state index contributed by atoms with van der Waals surface area (Å²) in [6.45, 7) is 0. The summed E-state index contributed by atoms with van der Waals surface area (Å²) in [5.41, 5.74) is 0. The molecule has 2 rings (SSSR count). The van der Waals surface area contributed by atoms with E-state index < -0.39 is 0 Å². The molecule has 1 aliphatic rings. The minimum atomic E-state index is 0.320. The molecule has 0 aromatic carbocycles. The molecule has 1 aromatic heterocycles. The number of thiophene rings is 1. The van der Waals surface area contributed by atoms with E-state index in [0.717, 1.165) is 4.88 Å². The summed E-state index contributed by atoms with van der Waals surface area (Å²) < 4.78 is 0.481. The maximum Gasteiger partial charge on any atom is 0.174 e. The highest BCUT2D eigenvalue weighted by Gasteiger charge is 2.17. The van der Waals surface area contributed by atoms with Crippen molar-refractivity contribution in [1.82, 2.24) is 0 Å². The summed E-state index contributed by atoms with van der Waals surface area (Å²) in [5, 5.41) is 1.98. The van der Waals surface area contributed by atoms with E-state index >= 15 is 0 Å². The third-order valence-corrected chi connectivity index (χ3v) is 6.40. The Kier molecular flexibility index (Phi) is 5.26. The van der Waals surface area contributed by atoms with E-state index in [1.54, 1.807) is 11.3 Å². The zero-order valence-electron chi connectivity index (χ0n) is 9.19. The van der Waals surface area contributed by atoms with Crippen molar-refractivity contribution in [3.8, 4) is 0 Å². The van der Waals surface area contributed by atoms with Crippen LogP contribution in [0.5, 0.6) is 0 Å². The summed E-state index contributed by atoms with van der Waals surface area (Å²) >= 11 is 5.50. The van der Waals surface area contributed by atoms with Crippen molar-refractivity contribution in [3.05, 3.63) is 22.4 Å². The second kappa shape index (κ2) is 6.72. The SMILES string of the molecule is O=C(CC1SCCCCCS1)c1cccs1. The van der Waals surface area contributed by atoms with E-state index in [4.69, 9.17) is 0 Å². The summed E-state index contributed by atoms with van der Waals surface area (Å²) in [4.78, 5) is 12.9. The molecule has 0 N–H and O–H groups in total. The Labute approximate surface area is 109 Å². The molecule has 16 heavy (non-hydrogen) atoms. The molecule has 0 unspecified atom stereocenters. The number of carbonyl (C=O) groups excluding carboxylic acids is 1. The molecule has 0 aliphatic carbocycles. The molecule has 0 bridgehead atoms. The summed E-state index contributed by atoms with van der Waals surface area (Å²) in [6.07, 6.45) is 4.69. The van der Waals surface area contributed by atoms with Crippen LogP contribution in [0.15, 0.2) is 17.5 Å². The number of Topliss-reactive ketones (excluding diaryl/α,β-unsaturated/α-hetero) is 1. The Balaban J connectivity index is 1.85. The fourth-order valence-electron chi connectivity index (χ4n) is 1.67. The molecule has 0 atom stereocenters. The molecule has 0 amide bonds. The molecule has 1 fully saturated rings. The van der Waals surface area contributed by atoms with Crippen LogP contribution in [0.25, 0.3) is 0 Å². The Bertz CT molecular complexity index is 313. The molecule has 0 saturated carbocycles. The predicted molar refractivity (Wildman–Crippen MR) is 75.8 cm³/mol. The second-order valence-corrected chi connectivity index (χ2v) is 7.70. The van der Waals surface area contributed by atoms with Crippen LogP contribution in [0.2, 0.25) is 0 Å². The fourth-order valence-corrected chi connectivity index (χ4v) is 5.11. The lowest BCUT2D eigenvalue weighted by molar-refractivity contribution is 0.0991. The molecule has 88 valence electrons. The highest BCUT2D eigenvalue weighted by atomic mass is 32.2. The van der Waals surface area contributed by atoms with Crippen LogP contribution in [0.3, 0.4) is 0 Å². The van der Waals surface area contributed by atoms with Gasteiger partial charge in [0.2, 0.25) is 0 Å². The van der Waals surface area contributed by atoms with E-state index in [0.29, 0.717) is 16.8 Å². The first-order valence-corrected chi connectivity index (χ1v) is 8.64. The van der Waals surface area contributed by atoms with Gasteiger partial charge in [-0.3, -0.25) is 4.79 Å². The predicted octanol–water partition coefficient (Wildman–Crippen LogP) is 4.30. The van der Waals surface area contributed by atoms with E-state index in [1.807, 2.05) is 41.0 Å². The lowest BCUT2D eigenvalue weighted by atomic mass is 10.2. The van der Waals surface area contributed by atoms with Crippen LogP contribution in [0, 0.1) is 0 Å². The van der Waals surface area contributed by atoms with E-state index in [1.165, 1.54) is 30.8 Å². The van der Waals surface area contributed by atoms with Crippen LogP contribution in [0.4, 0.5) is 0 Å². The third kappa shape index (κ3) is 3.82. The lowest BCUT2D eigenvalue weighted by Crippen LogP contribution is -2.09. The van der Waals surface area contributed by atoms with Crippen molar-refractivity contribution >= 4 is 40.6 Å². The first-order valence-electron chi connectivity index (χ1n) is 5.66. The highest BCUT2D eigenvalue weighted by Crippen LogP contribution is 2.32. The van der Waals surface area contributed by atoms with Gasteiger partial charge in [0.1, 0.15) is 0 Å². The van der Waals surface area contributed by atoms with Crippen molar-refractivity contribution in [1.29, 1.82) is 0 Å².